The molecule has 0 aliphatic carbocycles. The molecule has 0 aromatic carbocycles. The molecular weight excluding hydrogens is 250 g/mol. The predicted octanol–water partition coefficient (Wildman–Crippen LogP) is 3.84. The van der Waals surface area contributed by atoms with Gasteiger partial charge in [0, 0.05) is 25.4 Å². The minimum atomic E-state index is -0.0516. The first-order chi connectivity index (χ1) is 9.47. The van der Waals surface area contributed by atoms with Crippen molar-refractivity contribution in [2.75, 3.05) is 19.0 Å². The molecule has 0 bridgehead atoms. The second-order valence-corrected chi connectivity index (χ2v) is 6.03. The monoisotopic (exact) mass is 279 g/mol. The number of rotatable bonds is 8. The molecule has 0 radical (unpaired) electrons. The summed E-state index contributed by atoms with van der Waals surface area (Å²) in [6.07, 6.45) is 1.99. The standard InChI is InChI=1S/C16H29N3O/c1-7-8-17-14-10-13(9-11(2)3)18-16(19-14)15(20-6)12(4)5/h10-12,15H,7-9H2,1-6H3,(H,17,18,19). The third-order valence-electron chi connectivity index (χ3n) is 3.08. The fraction of sp³-hybridized carbons (Fsp3) is 0.750. The summed E-state index contributed by atoms with van der Waals surface area (Å²) in [6.45, 7) is 11.7. The van der Waals surface area contributed by atoms with Crippen molar-refractivity contribution >= 4 is 5.82 Å². The Bertz CT molecular complexity index is 405. The van der Waals surface area contributed by atoms with Crippen LogP contribution in [0, 0.1) is 11.8 Å². The van der Waals surface area contributed by atoms with Crippen molar-refractivity contribution in [1.82, 2.24) is 9.97 Å². The predicted molar refractivity (Wildman–Crippen MR) is 83.9 cm³/mol. The molecule has 1 aromatic rings. The lowest BCUT2D eigenvalue weighted by Crippen LogP contribution is -2.16. The molecular formula is C16H29N3O. The van der Waals surface area contributed by atoms with Crippen LogP contribution in [-0.4, -0.2) is 23.6 Å². The highest BCUT2D eigenvalue weighted by molar-refractivity contribution is 5.36. The molecule has 1 unspecified atom stereocenters. The summed E-state index contributed by atoms with van der Waals surface area (Å²) in [6, 6.07) is 2.06. The zero-order valence-corrected chi connectivity index (χ0v) is 13.7. The molecule has 20 heavy (non-hydrogen) atoms. The highest BCUT2D eigenvalue weighted by Crippen LogP contribution is 2.24. The number of hydrogen-bond donors (Lipinski definition) is 1. The molecule has 0 spiro atoms. The van der Waals surface area contributed by atoms with E-state index in [1.165, 1.54) is 0 Å². The van der Waals surface area contributed by atoms with E-state index in [0.29, 0.717) is 11.8 Å². The summed E-state index contributed by atoms with van der Waals surface area (Å²) >= 11 is 0. The lowest BCUT2D eigenvalue weighted by atomic mass is 10.1. The van der Waals surface area contributed by atoms with Crippen LogP contribution in [-0.2, 0) is 11.2 Å². The lowest BCUT2D eigenvalue weighted by molar-refractivity contribution is 0.0573. The van der Waals surface area contributed by atoms with Crippen molar-refractivity contribution in [3.05, 3.63) is 17.6 Å². The summed E-state index contributed by atoms with van der Waals surface area (Å²) in [5.74, 6) is 2.64. The van der Waals surface area contributed by atoms with Crippen LogP contribution in [0.15, 0.2) is 6.07 Å². The van der Waals surface area contributed by atoms with Gasteiger partial charge >= 0.3 is 0 Å². The molecule has 4 heteroatoms. The number of aromatic nitrogens is 2. The van der Waals surface area contributed by atoms with Crippen molar-refractivity contribution < 1.29 is 4.74 Å². The molecule has 0 amide bonds. The molecule has 4 nitrogen and oxygen atoms in total. The maximum atomic E-state index is 5.56. The SMILES string of the molecule is CCCNc1cc(CC(C)C)nc(C(OC)C(C)C)n1. The summed E-state index contributed by atoms with van der Waals surface area (Å²) in [4.78, 5) is 9.32. The fourth-order valence-electron chi connectivity index (χ4n) is 2.19. The van der Waals surface area contributed by atoms with Crippen LogP contribution >= 0.6 is 0 Å². The fourth-order valence-corrected chi connectivity index (χ4v) is 2.19. The van der Waals surface area contributed by atoms with Crippen LogP contribution in [0.3, 0.4) is 0 Å². The van der Waals surface area contributed by atoms with Crippen LogP contribution in [0.25, 0.3) is 0 Å². The zero-order chi connectivity index (χ0) is 15.1. The number of nitrogens with zero attached hydrogens (tertiary/aromatic N) is 2. The second kappa shape index (κ2) is 8.20. The van der Waals surface area contributed by atoms with Gasteiger partial charge in [-0.05, 0) is 24.7 Å². The number of nitrogens with one attached hydrogen (secondary N) is 1. The average molecular weight is 279 g/mol. The summed E-state index contributed by atoms with van der Waals surface area (Å²) in [7, 11) is 1.72. The van der Waals surface area contributed by atoms with Crippen molar-refractivity contribution in [3.63, 3.8) is 0 Å². The molecule has 114 valence electrons. The molecule has 0 fully saturated rings. The van der Waals surface area contributed by atoms with E-state index in [1.807, 2.05) is 0 Å². The Labute approximate surface area is 123 Å². The average Bonchev–Trinajstić information content (AvgIpc) is 2.35. The lowest BCUT2D eigenvalue weighted by Gasteiger charge is -2.19. The van der Waals surface area contributed by atoms with E-state index < -0.39 is 0 Å². The number of hydrogen-bond acceptors (Lipinski definition) is 4. The minimum Gasteiger partial charge on any atom is -0.373 e. The maximum absolute atomic E-state index is 5.56. The first-order valence-corrected chi connectivity index (χ1v) is 7.62. The molecule has 1 rings (SSSR count). The van der Waals surface area contributed by atoms with Gasteiger partial charge in [-0.1, -0.05) is 34.6 Å². The van der Waals surface area contributed by atoms with Crippen LogP contribution < -0.4 is 5.32 Å². The van der Waals surface area contributed by atoms with Gasteiger partial charge in [-0.25, -0.2) is 9.97 Å². The molecule has 0 aliphatic rings. The van der Waals surface area contributed by atoms with E-state index in [0.717, 1.165) is 36.7 Å². The molecule has 0 saturated heterocycles. The maximum Gasteiger partial charge on any atom is 0.159 e. The van der Waals surface area contributed by atoms with E-state index in [2.05, 4.69) is 51.0 Å². The van der Waals surface area contributed by atoms with Gasteiger partial charge < -0.3 is 10.1 Å². The van der Waals surface area contributed by atoms with Crippen molar-refractivity contribution in [1.29, 1.82) is 0 Å². The molecule has 0 saturated carbocycles. The van der Waals surface area contributed by atoms with Gasteiger partial charge in [0.05, 0.1) is 0 Å². The van der Waals surface area contributed by atoms with E-state index in [-0.39, 0.29) is 6.10 Å². The molecule has 1 atom stereocenters. The first-order valence-electron chi connectivity index (χ1n) is 7.62. The van der Waals surface area contributed by atoms with Gasteiger partial charge in [-0.15, -0.1) is 0 Å². The third kappa shape index (κ3) is 5.08. The number of anilines is 1. The Morgan fingerprint density at radius 1 is 1.20 bits per heavy atom. The van der Waals surface area contributed by atoms with E-state index in [9.17, 15) is 0 Å². The Balaban J connectivity index is 3.07. The summed E-state index contributed by atoms with van der Waals surface area (Å²) < 4.78 is 5.56. The van der Waals surface area contributed by atoms with Crippen molar-refractivity contribution in [2.45, 2.75) is 53.6 Å². The van der Waals surface area contributed by atoms with Crippen LogP contribution in [0.4, 0.5) is 5.82 Å². The highest BCUT2D eigenvalue weighted by Gasteiger charge is 2.19. The smallest absolute Gasteiger partial charge is 0.159 e. The Hall–Kier alpha value is -1.16. The topological polar surface area (TPSA) is 47.0 Å². The summed E-state index contributed by atoms with van der Waals surface area (Å²) in [5.41, 5.74) is 1.09. The number of ether oxygens (including phenoxy) is 1. The Morgan fingerprint density at radius 3 is 2.40 bits per heavy atom. The molecule has 1 heterocycles. The van der Waals surface area contributed by atoms with Crippen molar-refractivity contribution in [2.24, 2.45) is 11.8 Å². The normalized spacial score (nSPS) is 13.0. The van der Waals surface area contributed by atoms with Gasteiger partial charge in [0.1, 0.15) is 11.9 Å². The van der Waals surface area contributed by atoms with E-state index in [1.54, 1.807) is 7.11 Å². The zero-order valence-electron chi connectivity index (χ0n) is 13.7. The summed E-state index contributed by atoms with van der Waals surface area (Å²) in [5, 5.41) is 3.36. The molecule has 1 N–H and O–H groups in total. The minimum absolute atomic E-state index is 0.0516. The highest BCUT2D eigenvalue weighted by atomic mass is 16.5. The second-order valence-electron chi connectivity index (χ2n) is 6.03. The van der Waals surface area contributed by atoms with Gasteiger partial charge in [-0.2, -0.15) is 0 Å². The van der Waals surface area contributed by atoms with Gasteiger partial charge in [0.2, 0.25) is 0 Å². The van der Waals surface area contributed by atoms with Crippen LogP contribution in [0.2, 0.25) is 0 Å². The van der Waals surface area contributed by atoms with Gasteiger partial charge in [0.15, 0.2) is 5.82 Å². The largest absolute Gasteiger partial charge is 0.373 e. The van der Waals surface area contributed by atoms with Crippen LogP contribution in [0.1, 0.15) is 58.7 Å². The van der Waals surface area contributed by atoms with Gasteiger partial charge in [-0.3, -0.25) is 0 Å². The molecule has 1 aromatic heterocycles. The van der Waals surface area contributed by atoms with Gasteiger partial charge in [0.25, 0.3) is 0 Å². The van der Waals surface area contributed by atoms with E-state index in [4.69, 9.17) is 9.72 Å². The van der Waals surface area contributed by atoms with Crippen molar-refractivity contribution in [3.8, 4) is 0 Å². The number of methoxy groups -OCH3 is 1. The van der Waals surface area contributed by atoms with E-state index >= 15 is 0 Å². The van der Waals surface area contributed by atoms with Crippen LogP contribution in [0.5, 0.6) is 0 Å². The Kier molecular flexibility index (Phi) is 6.93. The Morgan fingerprint density at radius 2 is 1.90 bits per heavy atom. The first kappa shape index (κ1) is 16.9. The third-order valence-corrected chi connectivity index (χ3v) is 3.08. The quantitative estimate of drug-likeness (QED) is 0.785. The molecule has 0 aliphatic heterocycles.